The van der Waals surface area contributed by atoms with Crippen LogP contribution in [0.4, 0.5) is 5.69 Å². The van der Waals surface area contributed by atoms with E-state index in [1.165, 1.54) is 5.01 Å². The standard InChI is InChI=1S/C27H24BrN3O5/c1-3-36-19-13-11-18(12-14-19)30-26(33)22-23(20-9-4-5-10-21(20)35-2)29-31(24(22)27(30)34)25(32)16-7-6-8-17(28)15-16/h4-15,22-24,29H,3H2,1-2H3. The lowest BCUT2D eigenvalue weighted by molar-refractivity contribution is -0.123. The lowest BCUT2D eigenvalue weighted by Crippen LogP contribution is -2.48. The zero-order valence-electron chi connectivity index (χ0n) is 19.7. The Balaban J connectivity index is 1.57. The summed E-state index contributed by atoms with van der Waals surface area (Å²) in [6.07, 6.45) is 0. The number of carbonyl (C=O) groups excluding carboxylic acids is 3. The number of amides is 3. The summed E-state index contributed by atoms with van der Waals surface area (Å²) in [4.78, 5) is 42.3. The molecule has 3 aromatic carbocycles. The summed E-state index contributed by atoms with van der Waals surface area (Å²) in [6.45, 7) is 2.38. The number of rotatable bonds is 6. The van der Waals surface area contributed by atoms with Gasteiger partial charge in [0.15, 0.2) is 0 Å². The minimum Gasteiger partial charge on any atom is -0.496 e. The number of benzene rings is 3. The van der Waals surface area contributed by atoms with E-state index in [4.69, 9.17) is 9.47 Å². The Morgan fingerprint density at radius 3 is 2.44 bits per heavy atom. The third-order valence-corrected chi connectivity index (χ3v) is 6.90. The summed E-state index contributed by atoms with van der Waals surface area (Å²) in [5.41, 5.74) is 4.66. The van der Waals surface area contributed by atoms with E-state index in [9.17, 15) is 14.4 Å². The molecule has 3 atom stereocenters. The van der Waals surface area contributed by atoms with Crippen LogP contribution in [0.1, 0.15) is 28.9 Å². The molecule has 0 bridgehead atoms. The summed E-state index contributed by atoms with van der Waals surface area (Å²) in [5, 5.41) is 1.29. The third-order valence-electron chi connectivity index (χ3n) is 6.40. The molecule has 0 saturated carbocycles. The number of carbonyl (C=O) groups is 3. The maximum absolute atomic E-state index is 13.8. The number of hydrogen-bond donors (Lipinski definition) is 1. The van der Waals surface area contributed by atoms with Crippen LogP contribution in [0.15, 0.2) is 77.3 Å². The maximum atomic E-state index is 13.8. The van der Waals surface area contributed by atoms with Crippen LogP contribution in [-0.2, 0) is 9.59 Å². The predicted molar refractivity (Wildman–Crippen MR) is 137 cm³/mol. The Bertz CT molecular complexity index is 1330. The summed E-state index contributed by atoms with van der Waals surface area (Å²) >= 11 is 3.39. The van der Waals surface area contributed by atoms with E-state index in [-0.39, 0.29) is 5.91 Å². The smallest absolute Gasteiger partial charge is 0.268 e. The first-order valence-electron chi connectivity index (χ1n) is 11.5. The average Bonchev–Trinajstić information content (AvgIpc) is 3.40. The lowest BCUT2D eigenvalue weighted by Gasteiger charge is -2.25. The van der Waals surface area contributed by atoms with Crippen molar-refractivity contribution in [3.05, 3.63) is 88.4 Å². The van der Waals surface area contributed by atoms with Gasteiger partial charge in [0, 0.05) is 15.6 Å². The van der Waals surface area contributed by atoms with E-state index < -0.39 is 29.8 Å². The second kappa shape index (κ2) is 9.75. The van der Waals surface area contributed by atoms with Crippen LogP contribution in [0.3, 0.4) is 0 Å². The molecule has 0 radical (unpaired) electrons. The predicted octanol–water partition coefficient (Wildman–Crippen LogP) is 4.12. The Hall–Kier alpha value is -3.69. The largest absolute Gasteiger partial charge is 0.496 e. The summed E-state index contributed by atoms with van der Waals surface area (Å²) in [6, 6.07) is 19.3. The van der Waals surface area contributed by atoms with Gasteiger partial charge >= 0.3 is 0 Å². The van der Waals surface area contributed by atoms with Crippen LogP contribution in [0.2, 0.25) is 0 Å². The molecule has 1 N–H and O–H groups in total. The first-order chi connectivity index (χ1) is 17.4. The van der Waals surface area contributed by atoms with Crippen LogP contribution in [0.25, 0.3) is 0 Å². The highest BCUT2D eigenvalue weighted by Crippen LogP contribution is 2.44. The normalized spacial score (nSPS) is 21.0. The van der Waals surface area contributed by atoms with E-state index in [1.807, 2.05) is 31.2 Å². The van der Waals surface area contributed by atoms with Crippen molar-refractivity contribution in [2.45, 2.75) is 19.0 Å². The average molecular weight is 550 g/mol. The van der Waals surface area contributed by atoms with Gasteiger partial charge in [-0.3, -0.25) is 19.4 Å². The van der Waals surface area contributed by atoms with Crippen LogP contribution in [-0.4, -0.2) is 42.5 Å². The molecule has 0 spiro atoms. The van der Waals surface area contributed by atoms with E-state index in [0.29, 0.717) is 34.9 Å². The number of hydrogen-bond acceptors (Lipinski definition) is 6. The molecule has 0 aliphatic carbocycles. The quantitative estimate of drug-likeness (QED) is 0.465. The van der Waals surface area contributed by atoms with Crippen LogP contribution in [0.5, 0.6) is 11.5 Å². The van der Waals surface area contributed by atoms with Crippen LogP contribution >= 0.6 is 15.9 Å². The summed E-state index contributed by atoms with van der Waals surface area (Å²) in [5.74, 6) is -0.898. The molecule has 2 heterocycles. The van der Waals surface area contributed by atoms with Crippen molar-refractivity contribution in [1.82, 2.24) is 10.4 Å². The highest BCUT2D eigenvalue weighted by Gasteiger charge is 2.60. The van der Waals surface area contributed by atoms with Crippen molar-refractivity contribution < 1.29 is 23.9 Å². The first kappa shape index (κ1) is 24.0. The molecule has 3 unspecified atom stereocenters. The molecular weight excluding hydrogens is 526 g/mol. The van der Waals surface area contributed by atoms with E-state index in [1.54, 1.807) is 55.6 Å². The van der Waals surface area contributed by atoms with Crippen molar-refractivity contribution in [2.24, 2.45) is 5.92 Å². The molecule has 2 aliphatic heterocycles. The number of anilines is 1. The number of ether oxygens (including phenoxy) is 2. The third kappa shape index (κ3) is 4.04. The molecule has 0 aromatic heterocycles. The molecule has 2 fully saturated rings. The fourth-order valence-corrected chi connectivity index (χ4v) is 5.23. The molecule has 2 aliphatic rings. The van der Waals surface area contributed by atoms with E-state index >= 15 is 0 Å². The highest BCUT2D eigenvalue weighted by molar-refractivity contribution is 9.10. The fraction of sp³-hybridized carbons (Fsp3) is 0.222. The van der Waals surface area contributed by atoms with Crippen LogP contribution in [0, 0.1) is 5.92 Å². The fourth-order valence-electron chi connectivity index (χ4n) is 4.83. The minimum atomic E-state index is -1.02. The molecule has 5 rings (SSSR count). The Kier molecular flexibility index (Phi) is 6.51. The molecule has 3 amide bonds. The molecule has 9 heteroatoms. The number of nitrogens with one attached hydrogen (secondary N) is 1. The van der Waals surface area contributed by atoms with Gasteiger partial charge in [-0.05, 0) is 55.5 Å². The second-order valence-electron chi connectivity index (χ2n) is 8.44. The maximum Gasteiger partial charge on any atom is 0.268 e. The van der Waals surface area contributed by atoms with E-state index in [0.717, 1.165) is 9.37 Å². The molecule has 36 heavy (non-hydrogen) atoms. The summed E-state index contributed by atoms with van der Waals surface area (Å²) < 4.78 is 11.8. The van der Waals surface area contributed by atoms with Gasteiger partial charge in [-0.15, -0.1) is 0 Å². The molecular formula is C27H24BrN3O5. The van der Waals surface area contributed by atoms with Crippen LogP contribution < -0.4 is 19.8 Å². The Morgan fingerprint density at radius 2 is 1.75 bits per heavy atom. The van der Waals surface area contributed by atoms with E-state index in [2.05, 4.69) is 21.4 Å². The van der Waals surface area contributed by atoms with Crippen molar-refractivity contribution in [3.8, 4) is 11.5 Å². The van der Waals surface area contributed by atoms with Gasteiger partial charge in [0.1, 0.15) is 17.5 Å². The first-order valence-corrected chi connectivity index (χ1v) is 12.3. The van der Waals surface area contributed by atoms with Gasteiger partial charge in [-0.1, -0.05) is 40.2 Å². The van der Waals surface area contributed by atoms with Crippen molar-refractivity contribution in [1.29, 1.82) is 0 Å². The van der Waals surface area contributed by atoms with Crippen molar-refractivity contribution in [2.75, 3.05) is 18.6 Å². The van der Waals surface area contributed by atoms with Gasteiger partial charge in [0.2, 0.25) is 5.91 Å². The zero-order chi connectivity index (χ0) is 25.4. The number of para-hydroxylation sites is 1. The van der Waals surface area contributed by atoms with Gasteiger partial charge in [0.05, 0.1) is 31.4 Å². The van der Waals surface area contributed by atoms with Crippen molar-refractivity contribution in [3.63, 3.8) is 0 Å². The van der Waals surface area contributed by atoms with Gasteiger partial charge in [0.25, 0.3) is 11.8 Å². The second-order valence-corrected chi connectivity index (χ2v) is 9.36. The number of imide groups is 1. The minimum absolute atomic E-state index is 0.385. The molecule has 184 valence electrons. The molecule has 2 saturated heterocycles. The Labute approximate surface area is 216 Å². The number of halogens is 1. The number of hydrazine groups is 1. The summed E-state index contributed by atoms with van der Waals surface area (Å²) in [7, 11) is 1.55. The monoisotopic (exact) mass is 549 g/mol. The topological polar surface area (TPSA) is 88.2 Å². The van der Waals surface area contributed by atoms with Gasteiger partial charge < -0.3 is 9.47 Å². The van der Waals surface area contributed by atoms with Gasteiger partial charge in [-0.2, -0.15) is 0 Å². The lowest BCUT2D eigenvalue weighted by atomic mass is 9.90. The molecule has 3 aromatic rings. The number of fused-ring (bicyclic) bond motifs is 1. The van der Waals surface area contributed by atoms with Crippen molar-refractivity contribution >= 4 is 39.3 Å². The highest BCUT2D eigenvalue weighted by atomic mass is 79.9. The number of nitrogens with zero attached hydrogens (tertiary/aromatic N) is 2. The Morgan fingerprint density at radius 1 is 1.00 bits per heavy atom. The number of methoxy groups -OCH3 is 1. The zero-order valence-corrected chi connectivity index (χ0v) is 21.3. The van der Waals surface area contributed by atoms with Gasteiger partial charge in [-0.25, -0.2) is 10.3 Å². The SMILES string of the molecule is CCOc1ccc(N2C(=O)C3C(c4ccccc4OC)NN(C(=O)c4cccc(Br)c4)C3C2=O)cc1. The molecule has 8 nitrogen and oxygen atoms in total.